The van der Waals surface area contributed by atoms with Crippen molar-refractivity contribution in [3.8, 4) is 5.69 Å². The van der Waals surface area contributed by atoms with Crippen molar-refractivity contribution in [2.45, 2.75) is 18.9 Å². The van der Waals surface area contributed by atoms with Gasteiger partial charge in [0.15, 0.2) is 5.69 Å². The van der Waals surface area contributed by atoms with Crippen LogP contribution in [0.2, 0.25) is 0 Å². The Balaban J connectivity index is 0.00000196. The number of hydrogen-bond acceptors (Lipinski definition) is 6. The molecule has 1 saturated heterocycles. The zero-order valence-corrected chi connectivity index (χ0v) is 14.7. The molecule has 1 amide bonds. The molecule has 9 nitrogen and oxygen atoms in total. The molecular formula is C16H19ClN6O3. The molecule has 0 radical (unpaired) electrons. The topological polar surface area (TPSA) is 120 Å². The molecule has 0 bridgehead atoms. The van der Waals surface area contributed by atoms with Gasteiger partial charge in [-0.2, -0.15) is 0 Å². The molecule has 1 aliphatic heterocycles. The van der Waals surface area contributed by atoms with E-state index in [1.807, 2.05) is 0 Å². The average molecular weight is 379 g/mol. The minimum Gasteiger partial charge on any atom is -0.337 e. The van der Waals surface area contributed by atoms with Gasteiger partial charge in [-0.15, -0.1) is 17.5 Å². The summed E-state index contributed by atoms with van der Waals surface area (Å²) in [6.07, 6.45) is 3.60. The second-order valence-electron chi connectivity index (χ2n) is 6.70. The van der Waals surface area contributed by atoms with E-state index in [1.54, 1.807) is 17.0 Å². The molecule has 26 heavy (non-hydrogen) atoms. The molecule has 0 spiro atoms. The summed E-state index contributed by atoms with van der Waals surface area (Å²) < 4.78 is 1.38. The SMILES string of the molecule is Cl.NC1CCC2CN(C(=O)c3cn(-c4cccc([N+](=O)[O-])c4)nn3)CC12. The molecule has 3 atom stereocenters. The van der Waals surface area contributed by atoms with Crippen LogP contribution in [-0.2, 0) is 0 Å². The standard InChI is InChI=1S/C16H18N6O3.ClH/c17-14-5-4-10-7-20(8-13(10)14)16(23)15-9-21(19-18-15)11-2-1-3-12(6-11)22(24)25;/h1-3,6,9-10,13-14H,4-5,7-8,17H2;1H. The number of nitrogens with zero attached hydrogens (tertiary/aromatic N) is 5. The summed E-state index contributed by atoms with van der Waals surface area (Å²) >= 11 is 0. The smallest absolute Gasteiger partial charge is 0.276 e. The number of benzene rings is 1. The van der Waals surface area contributed by atoms with Crippen molar-refractivity contribution < 1.29 is 9.72 Å². The molecule has 4 rings (SSSR count). The normalized spacial score (nSPS) is 24.2. The Labute approximate surface area is 155 Å². The van der Waals surface area contributed by atoms with E-state index in [9.17, 15) is 14.9 Å². The number of non-ortho nitro benzene ring substituents is 1. The summed E-state index contributed by atoms with van der Waals surface area (Å²) in [5.41, 5.74) is 6.80. The number of rotatable bonds is 3. The minimum atomic E-state index is -0.473. The number of carbonyl (C=O) groups is 1. The molecule has 1 saturated carbocycles. The first-order valence-electron chi connectivity index (χ1n) is 8.25. The highest BCUT2D eigenvalue weighted by Gasteiger charge is 2.43. The summed E-state index contributed by atoms with van der Waals surface area (Å²) in [6, 6.07) is 6.21. The van der Waals surface area contributed by atoms with Crippen LogP contribution in [0.15, 0.2) is 30.5 Å². The number of aromatic nitrogens is 3. The third-order valence-electron chi connectivity index (χ3n) is 5.22. The molecular weight excluding hydrogens is 360 g/mol. The second-order valence-corrected chi connectivity index (χ2v) is 6.70. The van der Waals surface area contributed by atoms with E-state index in [2.05, 4.69) is 10.3 Å². The van der Waals surface area contributed by atoms with Gasteiger partial charge in [-0.1, -0.05) is 11.3 Å². The fraction of sp³-hybridized carbons (Fsp3) is 0.438. The van der Waals surface area contributed by atoms with Crippen molar-refractivity contribution >= 4 is 24.0 Å². The summed E-state index contributed by atoms with van der Waals surface area (Å²) in [7, 11) is 0. The Kier molecular flexibility index (Phi) is 4.92. The fourth-order valence-corrected chi connectivity index (χ4v) is 3.87. The summed E-state index contributed by atoms with van der Waals surface area (Å²) in [4.78, 5) is 24.9. The van der Waals surface area contributed by atoms with E-state index in [-0.39, 0.29) is 35.7 Å². The first-order chi connectivity index (χ1) is 12.0. The molecule has 2 heterocycles. The number of hydrogen-bond donors (Lipinski definition) is 1. The van der Waals surface area contributed by atoms with Gasteiger partial charge in [0.05, 0.1) is 16.8 Å². The van der Waals surface area contributed by atoms with Gasteiger partial charge in [0.1, 0.15) is 0 Å². The average Bonchev–Trinajstić information content (AvgIpc) is 3.32. The number of nitro groups is 1. The van der Waals surface area contributed by atoms with E-state index in [0.29, 0.717) is 30.6 Å². The van der Waals surface area contributed by atoms with Gasteiger partial charge in [-0.05, 0) is 30.7 Å². The van der Waals surface area contributed by atoms with Gasteiger partial charge in [0.25, 0.3) is 11.6 Å². The number of carbonyl (C=O) groups excluding carboxylic acids is 1. The van der Waals surface area contributed by atoms with Crippen LogP contribution in [0.4, 0.5) is 5.69 Å². The highest BCUT2D eigenvalue weighted by atomic mass is 35.5. The molecule has 1 aromatic heterocycles. The Bertz CT molecular complexity index is 841. The fourth-order valence-electron chi connectivity index (χ4n) is 3.87. The lowest BCUT2D eigenvalue weighted by molar-refractivity contribution is -0.384. The molecule has 1 aromatic carbocycles. The van der Waals surface area contributed by atoms with Gasteiger partial charge < -0.3 is 10.6 Å². The van der Waals surface area contributed by atoms with Crippen molar-refractivity contribution in [3.05, 3.63) is 46.3 Å². The maximum atomic E-state index is 12.7. The lowest BCUT2D eigenvalue weighted by atomic mass is 9.98. The third kappa shape index (κ3) is 3.15. The van der Waals surface area contributed by atoms with Gasteiger partial charge in [0.2, 0.25) is 0 Å². The van der Waals surface area contributed by atoms with E-state index in [4.69, 9.17) is 5.73 Å². The number of likely N-dealkylation sites (tertiary alicyclic amines) is 1. The summed E-state index contributed by atoms with van der Waals surface area (Å²) in [5.74, 6) is 0.680. The highest BCUT2D eigenvalue weighted by Crippen LogP contribution is 2.37. The number of nitrogens with two attached hydrogens (primary N) is 1. The van der Waals surface area contributed by atoms with Gasteiger partial charge in [0, 0.05) is 31.3 Å². The molecule has 10 heteroatoms. The third-order valence-corrected chi connectivity index (χ3v) is 5.22. The Morgan fingerprint density at radius 2 is 2.12 bits per heavy atom. The van der Waals surface area contributed by atoms with Crippen molar-refractivity contribution in [1.29, 1.82) is 0 Å². The van der Waals surface area contributed by atoms with Crippen molar-refractivity contribution in [2.24, 2.45) is 17.6 Å². The number of amides is 1. The van der Waals surface area contributed by atoms with Crippen LogP contribution in [0.5, 0.6) is 0 Å². The van der Waals surface area contributed by atoms with Gasteiger partial charge in [-0.3, -0.25) is 14.9 Å². The predicted octanol–water partition coefficient (Wildman–Crippen LogP) is 1.41. The molecule has 2 aliphatic rings. The highest BCUT2D eigenvalue weighted by molar-refractivity contribution is 5.92. The number of nitro benzene ring substituents is 1. The molecule has 2 fully saturated rings. The van der Waals surface area contributed by atoms with E-state index < -0.39 is 4.92 Å². The Morgan fingerprint density at radius 3 is 2.85 bits per heavy atom. The van der Waals surface area contributed by atoms with Crippen molar-refractivity contribution in [2.75, 3.05) is 13.1 Å². The van der Waals surface area contributed by atoms with Crippen LogP contribution in [0, 0.1) is 22.0 Å². The summed E-state index contributed by atoms with van der Waals surface area (Å²) in [5, 5.41) is 18.8. The van der Waals surface area contributed by atoms with E-state index >= 15 is 0 Å². The molecule has 1 aliphatic carbocycles. The van der Waals surface area contributed by atoms with Crippen molar-refractivity contribution in [3.63, 3.8) is 0 Å². The first kappa shape index (κ1) is 18.3. The minimum absolute atomic E-state index is 0. The quantitative estimate of drug-likeness (QED) is 0.636. The van der Waals surface area contributed by atoms with Crippen molar-refractivity contribution in [1.82, 2.24) is 19.9 Å². The van der Waals surface area contributed by atoms with E-state index in [0.717, 1.165) is 12.8 Å². The Morgan fingerprint density at radius 1 is 1.31 bits per heavy atom. The van der Waals surface area contributed by atoms with Crippen LogP contribution < -0.4 is 5.73 Å². The molecule has 138 valence electrons. The van der Waals surface area contributed by atoms with Crippen LogP contribution in [0.3, 0.4) is 0 Å². The summed E-state index contributed by atoms with van der Waals surface area (Å²) in [6.45, 7) is 1.37. The Hall–Kier alpha value is -2.52. The molecule has 2 N–H and O–H groups in total. The maximum absolute atomic E-state index is 12.7. The molecule has 2 aromatic rings. The largest absolute Gasteiger partial charge is 0.337 e. The van der Waals surface area contributed by atoms with Crippen LogP contribution >= 0.6 is 12.4 Å². The number of halogens is 1. The maximum Gasteiger partial charge on any atom is 0.276 e. The molecule has 3 unspecified atom stereocenters. The van der Waals surface area contributed by atoms with Crippen LogP contribution in [0.1, 0.15) is 23.3 Å². The predicted molar refractivity (Wildman–Crippen MR) is 95.4 cm³/mol. The second kappa shape index (κ2) is 7.00. The monoisotopic (exact) mass is 378 g/mol. The van der Waals surface area contributed by atoms with Gasteiger partial charge >= 0.3 is 0 Å². The number of fused-ring (bicyclic) bond motifs is 1. The zero-order chi connectivity index (χ0) is 17.6. The zero-order valence-electron chi connectivity index (χ0n) is 13.9. The van der Waals surface area contributed by atoms with Crippen LogP contribution in [0.25, 0.3) is 5.69 Å². The van der Waals surface area contributed by atoms with E-state index in [1.165, 1.54) is 23.0 Å². The lowest BCUT2D eigenvalue weighted by Crippen LogP contribution is -2.33. The van der Waals surface area contributed by atoms with Crippen LogP contribution in [-0.4, -0.2) is 49.9 Å². The van der Waals surface area contributed by atoms with Gasteiger partial charge in [-0.25, -0.2) is 4.68 Å². The first-order valence-corrected chi connectivity index (χ1v) is 8.25. The lowest BCUT2D eigenvalue weighted by Gasteiger charge is -2.17.